The molecule has 0 saturated heterocycles. The molecule has 1 N–H and O–H groups in total. The van der Waals surface area contributed by atoms with Gasteiger partial charge in [0.1, 0.15) is 0 Å². The van der Waals surface area contributed by atoms with Gasteiger partial charge in [-0.3, -0.25) is 4.79 Å². The number of halogens is 1. The Morgan fingerprint density at radius 1 is 1.26 bits per heavy atom. The minimum atomic E-state index is 0.247. The Labute approximate surface area is 117 Å². The van der Waals surface area contributed by atoms with E-state index in [1.807, 2.05) is 24.4 Å². The normalized spacial score (nSPS) is 29.2. The van der Waals surface area contributed by atoms with Crippen LogP contribution in [0.1, 0.15) is 36.0 Å². The molecule has 3 atom stereocenters. The average molecular weight is 274 g/mol. The molecule has 2 nitrogen and oxygen atoms in total. The van der Waals surface area contributed by atoms with E-state index in [1.165, 1.54) is 19.3 Å². The second-order valence-corrected chi connectivity index (χ2v) is 6.47. The molecule has 2 fully saturated rings. The van der Waals surface area contributed by atoms with Crippen LogP contribution in [0.2, 0.25) is 5.02 Å². The number of aromatic amines is 1. The number of hydrogen-bond donors (Lipinski definition) is 1. The van der Waals surface area contributed by atoms with E-state index in [2.05, 4.69) is 4.98 Å². The Morgan fingerprint density at radius 2 is 2.16 bits per heavy atom. The van der Waals surface area contributed by atoms with Crippen LogP contribution >= 0.6 is 11.6 Å². The molecular formula is C16H16ClNO. The second-order valence-electron chi connectivity index (χ2n) is 6.04. The van der Waals surface area contributed by atoms with Crippen molar-refractivity contribution in [3.63, 3.8) is 0 Å². The smallest absolute Gasteiger partial charge is 0.168 e. The van der Waals surface area contributed by atoms with E-state index < -0.39 is 0 Å². The lowest BCUT2D eigenvalue weighted by molar-refractivity contribution is 0.0876. The highest BCUT2D eigenvalue weighted by atomic mass is 35.5. The van der Waals surface area contributed by atoms with Crippen molar-refractivity contribution in [1.29, 1.82) is 0 Å². The van der Waals surface area contributed by atoms with Gasteiger partial charge in [0.15, 0.2) is 5.78 Å². The monoisotopic (exact) mass is 273 g/mol. The molecule has 2 aliphatic rings. The summed E-state index contributed by atoms with van der Waals surface area (Å²) in [6, 6.07) is 5.69. The Kier molecular flexibility index (Phi) is 2.49. The van der Waals surface area contributed by atoms with Gasteiger partial charge in [0.25, 0.3) is 0 Å². The summed E-state index contributed by atoms with van der Waals surface area (Å²) in [7, 11) is 0. The molecule has 2 aromatic rings. The molecule has 2 bridgehead atoms. The number of ketones is 1. The van der Waals surface area contributed by atoms with Gasteiger partial charge in [-0.2, -0.15) is 0 Å². The lowest BCUT2D eigenvalue weighted by Gasteiger charge is -2.19. The molecule has 1 aromatic carbocycles. The Bertz CT molecular complexity index is 660. The molecular weight excluding hydrogens is 258 g/mol. The van der Waals surface area contributed by atoms with Crippen molar-refractivity contribution in [3.05, 3.63) is 35.0 Å². The van der Waals surface area contributed by atoms with Crippen LogP contribution in [0, 0.1) is 17.8 Å². The van der Waals surface area contributed by atoms with Crippen LogP contribution in [0.15, 0.2) is 24.4 Å². The number of rotatable bonds is 2. The van der Waals surface area contributed by atoms with Gasteiger partial charge in [0.05, 0.1) is 0 Å². The summed E-state index contributed by atoms with van der Waals surface area (Å²) in [5, 5.41) is 1.66. The molecule has 2 aliphatic carbocycles. The molecule has 1 aromatic heterocycles. The van der Waals surface area contributed by atoms with Crippen LogP contribution < -0.4 is 0 Å². The number of hydrogen-bond acceptors (Lipinski definition) is 1. The van der Waals surface area contributed by atoms with Gasteiger partial charge < -0.3 is 4.98 Å². The highest BCUT2D eigenvalue weighted by Crippen LogP contribution is 2.49. The Hall–Kier alpha value is -1.28. The zero-order valence-electron chi connectivity index (χ0n) is 10.7. The van der Waals surface area contributed by atoms with Gasteiger partial charge in [-0.25, -0.2) is 0 Å². The van der Waals surface area contributed by atoms with Gasteiger partial charge in [0.2, 0.25) is 0 Å². The summed E-state index contributed by atoms with van der Waals surface area (Å²) < 4.78 is 0. The zero-order valence-corrected chi connectivity index (χ0v) is 11.4. The van der Waals surface area contributed by atoms with Gasteiger partial charge in [-0.15, -0.1) is 0 Å². The average Bonchev–Trinajstić information content (AvgIpc) is 3.11. The van der Waals surface area contributed by atoms with Crippen molar-refractivity contribution >= 4 is 28.3 Å². The van der Waals surface area contributed by atoms with Gasteiger partial charge in [-0.05, 0) is 49.3 Å². The summed E-state index contributed by atoms with van der Waals surface area (Å²) in [6.07, 6.45) is 6.78. The molecule has 19 heavy (non-hydrogen) atoms. The molecule has 0 spiro atoms. The lowest BCUT2D eigenvalue weighted by atomic mass is 9.83. The largest absolute Gasteiger partial charge is 0.360 e. The van der Waals surface area contributed by atoms with Crippen LogP contribution in [0.5, 0.6) is 0 Å². The fraction of sp³-hybridized carbons (Fsp3) is 0.438. The van der Waals surface area contributed by atoms with E-state index >= 15 is 0 Å². The van der Waals surface area contributed by atoms with Crippen molar-refractivity contribution in [2.45, 2.75) is 25.7 Å². The number of Topliss-reactive ketones (excluding diaryl/α,β-unsaturated/α-hetero) is 1. The first kappa shape index (κ1) is 11.5. The van der Waals surface area contributed by atoms with Gasteiger partial charge >= 0.3 is 0 Å². The highest BCUT2D eigenvalue weighted by molar-refractivity contribution is 6.31. The van der Waals surface area contributed by atoms with Gasteiger partial charge in [-0.1, -0.05) is 18.0 Å². The molecule has 0 radical (unpaired) electrons. The first-order chi connectivity index (χ1) is 9.22. The maximum absolute atomic E-state index is 12.8. The van der Waals surface area contributed by atoms with E-state index in [9.17, 15) is 4.79 Å². The molecule has 4 rings (SSSR count). The summed E-state index contributed by atoms with van der Waals surface area (Å²) in [4.78, 5) is 15.9. The van der Waals surface area contributed by atoms with Crippen LogP contribution in [0.4, 0.5) is 0 Å². The molecule has 0 aliphatic heterocycles. The molecule has 2 saturated carbocycles. The topological polar surface area (TPSA) is 32.9 Å². The first-order valence-electron chi connectivity index (χ1n) is 7.03. The van der Waals surface area contributed by atoms with Crippen molar-refractivity contribution in [1.82, 2.24) is 4.98 Å². The third kappa shape index (κ3) is 1.73. The number of benzene rings is 1. The van der Waals surface area contributed by atoms with Gasteiger partial charge in [0, 0.05) is 33.6 Å². The predicted molar refractivity (Wildman–Crippen MR) is 76.6 cm³/mol. The van der Waals surface area contributed by atoms with Crippen molar-refractivity contribution in [3.8, 4) is 0 Å². The fourth-order valence-corrected chi connectivity index (χ4v) is 4.23. The summed E-state index contributed by atoms with van der Waals surface area (Å²) in [5.74, 6) is 1.99. The Balaban J connectivity index is 1.74. The van der Waals surface area contributed by atoms with E-state index in [0.29, 0.717) is 16.7 Å². The second kappa shape index (κ2) is 4.11. The quantitative estimate of drug-likeness (QED) is 0.806. The van der Waals surface area contributed by atoms with Crippen LogP contribution in [-0.2, 0) is 0 Å². The van der Waals surface area contributed by atoms with Crippen molar-refractivity contribution < 1.29 is 4.79 Å². The minimum Gasteiger partial charge on any atom is -0.360 e. The summed E-state index contributed by atoms with van der Waals surface area (Å²) in [6.45, 7) is 0. The maximum atomic E-state index is 12.8. The number of fused-ring (bicyclic) bond motifs is 3. The van der Waals surface area contributed by atoms with Crippen molar-refractivity contribution in [2.24, 2.45) is 17.8 Å². The number of aromatic nitrogens is 1. The number of H-pyrrole nitrogens is 1. The molecule has 98 valence electrons. The van der Waals surface area contributed by atoms with E-state index in [-0.39, 0.29) is 5.92 Å². The van der Waals surface area contributed by atoms with Crippen LogP contribution in [0.3, 0.4) is 0 Å². The van der Waals surface area contributed by atoms with E-state index in [4.69, 9.17) is 11.6 Å². The van der Waals surface area contributed by atoms with E-state index in [1.54, 1.807) is 0 Å². The van der Waals surface area contributed by atoms with Crippen LogP contribution in [-0.4, -0.2) is 10.8 Å². The van der Waals surface area contributed by atoms with Crippen molar-refractivity contribution in [2.75, 3.05) is 0 Å². The lowest BCUT2D eigenvalue weighted by Crippen LogP contribution is -2.20. The SMILES string of the molecule is O=C(c1c[nH]c2ccc(Cl)cc12)C1CC2CCC1C2. The number of nitrogens with one attached hydrogen (secondary N) is 1. The van der Waals surface area contributed by atoms with Crippen LogP contribution in [0.25, 0.3) is 10.9 Å². The molecule has 0 amide bonds. The molecule has 1 heterocycles. The third-order valence-electron chi connectivity index (χ3n) is 4.98. The zero-order chi connectivity index (χ0) is 13.0. The first-order valence-corrected chi connectivity index (χ1v) is 7.41. The van der Waals surface area contributed by atoms with E-state index in [0.717, 1.165) is 28.8 Å². The number of carbonyl (C=O) groups is 1. The fourth-order valence-electron chi connectivity index (χ4n) is 4.06. The Morgan fingerprint density at radius 3 is 2.89 bits per heavy atom. The summed E-state index contributed by atoms with van der Waals surface area (Å²) in [5.41, 5.74) is 1.82. The minimum absolute atomic E-state index is 0.247. The molecule has 3 unspecified atom stereocenters. The summed E-state index contributed by atoms with van der Waals surface area (Å²) >= 11 is 6.05. The maximum Gasteiger partial charge on any atom is 0.168 e. The highest BCUT2D eigenvalue weighted by Gasteiger charge is 2.43. The number of carbonyl (C=O) groups excluding carboxylic acids is 1. The molecule has 3 heteroatoms. The standard InChI is InChI=1S/C16H16ClNO/c17-11-3-4-15-13(7-11)14(8-18-15)16(19)12-6-9-1-2-10(12)5-9/h3-4,7-10,12,18H,1-2,5-6H2. The third-order valence-corrected chi connectivity index (χ3v) is 5.22. The predicted octanol–water partition coefficient (Wildman–Crippen LogP) is 4.44.